The highest BCUT2D eigenvalue weighted by molar-refractivity contribution is 6.02. The maximum Gasteiger partial charge on any atom is 0.343 e. The number of halogens is 2. The highest BCUT2D eigenvalue weighted by Crippen LogP contribution is 2.32. The number of benzene rings is 2. The fourth-order valence-corrected chi connectivity index (χ4v) is 3.20. The van der Waals surface area contributed by atoms with Crippen LogP contribution in [0.4, 0.5) is 30.6 Å². The van der Waals surface area contributed by atoms with E-state index in [0.29, 0.717) is 29.3 Å². The molecular weight excluding hydrogens is 432 g/mol. The lowest BCUT2D eigenvalue weighted by atomic mass is 10.1. The van der Waals surface area contributed by atoms with Crippen LogP contribution >= 0.6 is 0 Å². The lowest BCUT2D eigenvalue weighted by molar-refractivity contribution is -0.142. The molecule has 0 aliphatic heterocycles. The molecule has 0 saturated carbocycles. The van der Waals surface area contributed by atoms with Crippen molar-refractivity contribution in [3.8, 4) is 5.75 Å². The van der Waals surface area contributed by atoms with Crippen LogP contribution in [0.15, 0.2) is 36.4 Å². The van der Waals surface area contributed by atoms with E-state index in [0.717, 1.165) is 30.9 Å². The molecule has 0 spiro atoms. The Morgan fingerprint density at radius 3 is 2.15 bits per heavy atom. The monoisotopic (exact) mass is 463 g/mol. The van der Waals surface area contributed by atoms with Gasteiger partial charge in [-0.1, -0.05) is 27.7 Å². The molecule has 0 aliphatic carbocycles. The highest BCUT2D eigenvalue weighted by atomic mass is 19.1. The van der Waals surface area contributed by atoms with E-state index in [2.05, 4.69) is 48.0 Å². The number of nitrogens with one attached hydrogen (secondary N) is 2. The van der Waals surface area contributed by atoms with Gasteiger partial charge in [-0.15, -0.1) is 0 Å². The Balaban J connectivity index is 2.34. The van der Waals surface area contributed by atoms with Crippen LogP contribution in [0.1, 0.15) is 27.7 Å². The summed E-state index contributed by atoms with van der Waals surface area (Å²) in [5.74, 6) is -1.11. The minimum absolute atomic E-state index is 0.158. The number of urea groups is 1. The Bertz CT molecular complexity index is 957. The summed E-state index contributed by atoms with van der Waals surface area (Å²) in [6, 6.07) is 7.27. The van der Waals surface area contributed by atoms with Gasteiger partial charge in [-0.2, -0.15) is 0 Å². The number of esters is 1. The topological polar surface area (TPSA) is 79.9 Å². The molecule has 2 rings (SSSR count). The van der Waals surface area contributed by atoms with E-state index >= 15 is 0 Å². The van der Waals surface area contributed by atoms with Crippen molar-refractivity contribution in [2.75, 3.05) is 42.3 Å². The Morgan fingerprint density at radius 1 is 0.939 bits per heavy atom. The number of methoxy groups -OCH3 is 1. The fourth-order valence-electron chi connectivity index (χ4n) is 3.20. The second-order valence-corrected chi connectivity index (χ2v) is 8.44. The zero-order valence-electron chi connectivity index (χ0n) is 19.6. The molecule has 0 fully saturated rings. The predicted molar refractivity (Wildman–Crippen MR) is 125 cm³/mol. The van der Waals surface area contributed by atoms with Crippen LogP contribution < -0.4 is 20.3 Å². The third kappa shape index (κ3) is 8.25. The van der Waals surface area contributed by atoms with Gasteiger partial charge in [-0.3, -0.25) is 0 Å². The summed E-state index contributed by atoms with van der Waals surface area (Å²) in [6.45, 7) is 9.57. The molecule has 180 valence electrons. The van der Waals surface area contributed by atoms with E-state index in [1.807, 2.05) is 0 Å². The summed E-state index contributed by atoms with van der Waals surface area (Å²) in [7, 11) is 1.26. The maximum atomic E-state index is 14.0. The van der Waals surface area contributed by atoms with E-state index in [1.54, 1.807) is 18.2 Å². The smallest absolute Gasteiger partial charge is 0.343 e. The summed E-state index contributed by atoms with van der Waals surface area (Å²) in [5.41, 5.74) is 1.01. The van der Waals surface area contributed by atoms with Crippen molar-refractivity contribution < 1.29 is 27.8 Å². The fraction of sp³-hybridized carbons (Fsp3) is 0.417. The van der Waals surface area contributed by atoms with Crippen LogP contribution in [-0.2, 0) is 9.53 Å². The molecule has 2 amide bonds. The van der Waals surface area contributed by atoms with Crippen LogP contribution in [0.25, 0.3) is 0 Å². The second-order valence-electron chi connectivity index (χ2n) is 8.44. The minimum atomic E-state index is -0.887. The second kappa shape index (κ2) is 12.0. The van der Waals surface area contributed by atoms with Gasteiger partial charge < -0.3 is 25.0 Å². The number of carbonyl (C=O) groups excluding carboxylic acids is 2. The van der Waals surface area contributed by atoms with Gasteiger partial charge in [-0.25, -0.2) is 18.4 Å². The van der Waals surface area contributed by atoms with Crippen LogP contribution in [0, 0.1) is 23.5 Å². The Kier molecular flexibility index (Phi) is 9.44. The van der Waals surface area contributed by atoms with Gasteiger partial charge in [-0.05, 0) is 36.1 Å². The molecule has 0 aromatic heterocycles. The first-order chi connectivity index (χ1) is 15.6. The molecule has 0 heterocycles. The van der Waals surface area contributed by atoms with Gasteiger partial charge in [0.2, 0.25) is 0 Å². The summed E-state index contributed by atoms with van der Waals surface area (Å²) in [6.07, 6.45) is 0. The molecule has 0 atom stereocenters. The molecule has 9 heteroatoms. The van der Waals surface area contributed by atoms with E-state index in [1.165, 1.54) is 7.11 Å². The Hall–Kier alpha value is -3.36. The maximum absolute atomic E-state index is 14.0. The number of amides is 2. The van der Waals surface area contributed by atoms with Gasteiger partial charge in [0.1, 0.15) is 17.4 Å². The van der Waals surface area contributed by atoms with E-state index in [9.17, 15) is 18.4 Å². The molecule has 2 N–H and O–H groups in total. The van der Waals surface area contributed by atoms with Gasteiger partial charge in [0, 0.05) is 25.2 Å². The third-order valence-electron chi connectivity index (χ3n) is 4.49. The number of nitrogens with zero attached hydrogens (tertiary/aromatic N) is 1. The Morgan fingerprint density at radius 2 is 1.58 bits per heavy atom. The first kappa shape index (κ1) is 25.9. The molecule has 0 radical (unpaired) electrons. The van der Waals surface area contributed by atoms with Crippen molar-refractivity contribution in [1.29, 1.82) is 0 Å². The summed E-state index contributed by atoms with van der Waals surface area (Å²) in [4.78, 5) is 26.2. The van der Waals surface area contributed by atoms with Crippen molar-refractivity contribution >= 4 is 29.1 Å². The van der Waals surface area contributed by atoms with Crippen LogP contribution in [-0.4, -0.2) is 38.8 Å². The van der Waals surface area contributed by atoms with Crippen LogP contribution in [0.3, 0.4) is 0 Å². The number of hydrogen-bond donors (Lipinski definition) is 2. The Labute approximate surface area is 193 Å². The lowest BCUT2D eigenvalue weighted by Crippen LogP contribution is -2.32. The molecule has 7 nitrogen and oxygen atoms in total. The third-order valence-corrected chi connectivity index (χ3v) is 4.49. The van der Waals surface area contributed by atoms with E-state index in [-0.39, 0.29) is 12.3 Å². The van der Waals surface area contributed by atoms with Crippen molar-refractivity contribution in [3.05, 3.63) is 48.0 Å². The van der Waals surface area contributed by atoms with Gasteiger partial charge in [0.15, 0.2) is 6.61 Å². The normalized spacial score (nSPS) is 10.8. The number of hydrogen-bond acceptors (Lipinski definition) is 5. The van der Waals surface area contributed by atoms with Gasteiger partial charge in [0.25, 0.3) is 0 Å². The average molecular weight is 464 g/mol. The van der Waals surface area contributed by atoms with Gasteiger partial charge in [0.05, 0.1) is 24.2 Å². The number of carbonyl (C=O) groups is 2. The predicted octanol–water partition coefficient (Wildman–Crippen LogP) is 5.28. The first-order valence-corrected chi connectivity index (χ1v) is 10.7. The van der Waals surface area contributed by atoms with Crippen molar-refractivity contribution in [1.82, 2.24) is 0 Å². The molecular formula is C24H31F2N3O4. The van der Waals surface area contributed by atoms with E-state index < -0.39 is 23.6 Å². The molecule has 0 unspecified atom stereocenters. The summed E-state index contributed by atoms with van der Waals surface area (Å²) in [5, 5.41) is 5.11. The minimum Gasteiger partial charge on any atom is -0.482 e. The first-order valence-electron chi connectivity index (χ1n) is 10.7. The van der Waals surface area contributed by atoms with E-state index in [4.69, 9.17) is 4.74 Å². The largest absolute Gasteiger partial charge is 0.482 e. The van der Waals surface area contributed by atoms with Crippen molar-refractivity contribution in [2.45, 2.75) is 27.7 Å². The zero-order valence-corrected chi connectivity index (χ0v) is 19.6. The molecule has 33 heavy (non-hydrogen) atoms. The van der Waals surface area contributed by atoms with Crippen molar-refractivity contribution in [3.63, 3.8) is 0 Å². The zero-order chi connectivity index (χ0) is 24.5. The van der Waals surface area contributed by atoms with Crippen LogP contribution in [0.2, 0.25) is 0 Å². The lowest BCUT2D eigenvalue weighted by Gasteiger charge is -2.30. The van der Waals surface area contributed by atoms with Crippen LogP contribution in [0.5, 0.6) is 5.75 Å². The molecule has 0 saturated heterocycles. The average Bonchev–Trinajstić information content (AvgIpc) is 2.73. The molecule has 2 aromatic rings. The molecule has 0 bridgehead atoms. The van der Waals surface area contributed by atoms with Gasteiger partial charge >= 0.3 is 12.0 Å². The summed E-state index contributed by atoms with van der Waals surface area (Å²) < 4.78 is 37.2. The van der Waals surface area contributed by atoms with Crippen molar-refractivity contribution in [2.24, 2.45) is 11.8 Å². The highest BCUT2D eigenvalue weighted by Gasteiger charge is 2.18. The SMILES string of the molecule is COC(=O)COc1ccc(N(CC(C)C)CC(C)C)c(NC(=O)Nc2ccc(F)cc2F)c1. The number of ether oxygens (including phenoxy) is 2. The number of rotatable bonds is 10. The molecule has 0 aliphatic rings. The summed E-state index contributed by atoms with van der Waals surface area (Å²) >= 11 is 0. The molecule has 2 aromatic carbocycles. The number of anilines is 3. The standard InChI is InChI=1S/C24H31F2N3O4/c1-15(2)12-29(13-16(3)4)22-9-7-18(33-14-23(30)32-5)11-21(22)28-24(31)27-20-8-6-17(25)10-19(20)26/h6-11,15-16H,12-14H2,1-5H3,(H2,27,28,31). The quantitative estimate of drug-likeness (QED) is 0.469.